The number of hydrogen-bond donors (Lipinski definition) is 13. The van der Waals surface area contributed by atoms with Crippen molar-refractivity contribution in [1.29, 1.82) is 0 Å². The van der Waals surface area contributed by atoms with E-state index in [2.05, 4.69) is 125 Å². The molecule has 0 atom stereocenters. The van der Waals surface area contributed by atoms with Crippen LogP contribution in [0, 0.1) is 13.8 Å². The number of aromatic amines is 1. The molecule has 1 aliphatic heterocycles. The molecule has 0 bridgehead atoms. The summed E-state index contributed by atoms with van der Waals surface area (Å²) >= 11 is 0. The van der Waals surface area contributed by atoms with Gasteiger partial charge in [0.15, 0.2) is 0 Å². The first-order chi connectivity index (χ1) is 73.1. The van der Waals surface area contributed by atoms with Crippen molar-refractivity contribution in [3.63, 3.8) is 0 Å². The fourth-order valence-corrected chi connectivity index (χ4v) is 17.3. The summed E-state index contributed by atoms with van der Waals surface area (Å²) in [4.78, 5) is 103. The van der Waals surface area contributed by atoms with Crippen LogP contribution < -0.4 is 68.1 Å². The van der Waals surface area contributed by atoms with Gasteiger partial charge in [0.05, 0.1) is 96.0 Å². The Balaban J connectivity index is 0.000000135. The van der Waals surface area contributed by atoms with Crippen LogP contribution in [0.25, 0.3) is 76.7 Å². The maximum absolute atomic E-state index is 12.4. The SMILES string of the molecule is CNC(=O)c1cc(Cc2nc3ccccc3n2CCOC)cc2ccccc12.CNC(=O)c1cccc(NC2=Nc3cc(C)c(C)cc3C2)c1.CNC(=O)c1cccc(Nc2nc3c(OC)cccc3n2CCOC)c1.CNC(=O)c1cccc(Nc2nc3cccc(OC)c3n2CCOC)c1.CNC(=O)c1cccc(Nc2nc3ccccc3n2CCOC)c1.O=C(NO)c1cc(Nc2nc3ccccc3[nH]2)cc2ccccc12. The van der Waals surface area contributed by atoms with E-state index in [1.54, 1.807) is 132 Å². The number of anilines is 9. The summed E-state index contributed by atoms with van der Waals surface area (Å²) in [5, 5.41) is 42.3. The maximum atomic E-state index is 12.4. The number of nitrogens with zero attached hydrogens (tertiary/aromatic N) is 10. The van der Waals surface area contributed by atoms with Gasteiger partial charge in [-0.3, -0.25) is 34.0 Å². The highest BCUT2D eigenvalue weighted by Gasteiger charge is 2.24. The molecule has 768 valence electrons. The molecule has 6 heterocycles. The van der Waals surface area contributed by atoms with E-state index >= 15 is 0 Å². The number of hydroxylamine groups is 1. The van der Waals surface area contributed by atoms with Gasteiger partial charge in [-0.1, -0.05) is 133 Å². The molecule has 19 aromatic rings. The van der Waals surface area contributed by atoms with Crippen molar-refractivity contribution in [2.45, 2.75) is 52.9 Å². The number of carbonyl (C=O) groups is 6. The largest absolute Gasteiger partial charge is 0.494 e. The number of amides is 6. The smallest absolute Gasteiger partial charge is 0.275 e. The fraction of sp³-hybridized carbons (Fsp3) is 0.200. The normalized spacial score (nSPS) is 11.1. The lowest BCUT2D eigenvalue weighted by Gasteiger charge is -2.12. The first-order valence-corrected chi connectivity index (χ1v) is 48.5. The van der Waals surface area contributed by atoms with Gasteiger partial charge in [-0.15, -0.1) is 0 Å². The molecular weight excluding hydrogens is 1900 g/mol. The number of H-pyrrole nitrogens is 1. The van der Waals surface area contributed by atoms with Crippen LogP contribution in [-0.4, -0.2) is 199 Å². The third-order valence-electron chi connectivity index (χ3n) is 24.8. The molecule has 0 fully saturated rings. The lowest BCUT2D eigenvalue weighted by molar-refractivity contribution is 0.0707. The third kappa shape index (κ3) is 25.8. The van der Waals surface area contributed by atoms with Gasteiger partial charge in [-0.2, -0.15) is 0 Å². The zero-order valence-electron chi connectivity index (χ0n) is 85.6. The molecule has 0 spiro atoms. The molecule has 5 aromatic heterocycles. The van der Waals surface area contributed by atoms with Crippen LogP contribution in [0.15, 0.2) is 296 Å². The van der Waals surface area contributed by atoms with Gasteiger partial charge in [0.25, 0.3) is 35.4 Å². The predicted octanol–water partition coefficient (Wildman–Crippen LogP) is 19.1. The summed E-state index contributed by atoms with van der Waals surface area (Å²) in [5.41, 5.74) is 24.2. The lowest BCUT2D eigenvalue weighted by atomic mass is 9.98. The molecule has 150 heavy (non-hydrogen) atoms. The Morgan fingerprint density at radius 1 is 0.360 bits per heavy atom. The van der Waals surface area contributed by atoms with Crippen molar-refractivity contribution in [3.05, 3.63) is 353 Å². The second-order valence-electron chi connectivity index (χ2n) is 34.5. The van der Waals surface area contributed by atoms with Crippen LogP contribution in [0.1, 0.15) is 90.2 Å². The highest BCUT2D eigenvalue weighted by Crippen LogP contribution is 2.36. The van der Waals surface area contributed by atoms with Gasteiger partial charge in [0.2, 0.25) is 23.8 Å². The molecule has 35 heteroatoms. The van der Waals surface area contributed by atoms with Crippen molar-refractivity contribution in [2.24, 2.45) is 4.99 Å². The lowest BCUT2D eigenvalue weighted by Crippen LogP contribution is -2.19. The van der Waals surface area contributed by atoms with Crippen LogP contribution in [0.3, 0.4) is 0 Å². The molecule has 20 rings (SSSR count). The number of hydrogen-bond acceptors (Lipinski definition) is 24. The number of amidine groups is 1. The number of aryl methyl sites for hydroxylation is 2. The number of aromatic nitrogens is 10. The number of nitrogens with one attached hydrogen (secondary N) is 12. The standard InChI is InChI=1S/C23H23N3O2.2C19H22N4O3.C18H14N4O2.C18H20N4O2.C18H19N3O/c1-24-23(27)19-14-16(13-17-7-3-4-8-18(17)19)15-22-25-20-9-5-6-10-21(20)26(22)11-12-28-2;1-20-18(24)13-6-4-7-14(12-13)21-19-22-17-15(23(19)10-11-25-2)8-5-9-16(17)26-3;1-20-18(24)13-6-4-7-14(12-13)21-19-22-15-8-5-9-16(26-3)17(15)23(19)10-11-25-2;23-17(22-24)14-10-12(9-11-5-1-2-6-13(11)14)19-18-20-15-7-3-4-8-16(15)21-18;1-19-17(23)13-6-5-7-14(12-13)20-18-21-15-8-3-4-9-16(15)22(18)10-11-24-2;1-11-7-14-10-17(21-16(14)8-12(11)2)20-15-6-4-5-13(9-15)18(22)19-3/h3-10,13-14H,11-12,15H2,1-2H3,(H,24,27);2*4-9,12H,10-11H2,1-3H3,(H,20,24)(H,21,22);1-10,24H,(H,22,23)(H2,19,20,21);3-9,12H,10-11H2,1-2H3,(H,19,23)(H,20,21);4-9H,10H2,1-3H3,(H,19,22)(H,20,21). The van der Waals surface area contributed by atoms with Gasteiger partial charge in [0.1, 0.15) is 34.2 Å². The van der Waals surface area contributed by atoms with Gasteiger partial charge < -0.3 is 105 Å². The third-order valence-corrected chi connectivity index (χ3v) is 24.8. The first kappa shape index (κ1) is 106. The number of rotatable bonds is 31. The molecule has 14 aromatic carbocycles. The van der Waals surface area contributed by atoms with Crippen molar-refractivity contribution < 1.29 is 62.4 Å². The van der Waals surface area contributed by atoms with E-state index in [-0.39, 0.29) is 29.5 Å². The molecule has 1 aliphatic rings. The number of aliphatic imine (C=N–C) groups is 1. The number of benzene rings is 14. The van der Waals surface area contributed by atoms with E-state index in [0.29, 0.717) is 115 Å². The van der Waals surface area contributed by atoms with E-state index in [0.717, 1.165) is 147 Å². The number of carbonyl (C=O) groups excluding carboxylic acids is 6. The van der Waals surface area contributed by atoms with Crippen LogP contribution in [0.5, 0.6) is 11.5 Å². The molecule has 13 N–H and O–H groups in total. The van der Waals surface area contributed by atoms with Crippen LogP contribution in [0.2, 0.25) is 0 Å². The Morgan fingerprint density at radius 3 is 1.33 bits per heavy atom. The van der Waals surface area contributed by atoms with Crippen molar-refractivity contribution in [1.82, 2.24) is 80.2 Å². The number of para-hydroxylation sites is 8. The van der Waals surface area contributed by atoms with Gasteiger partial charge >= 0.3 is 0 Å². The zero-order chi connectivity index (χ0) is 106. The van der Waals surface area contributed by atoms with Gasteiger partial charge in [-0.25, -0.2) is 35.4 Å². The van der Waals surface area contributed by atoms with E-state index in [1.165, 1.54) is 16.7 Å². The number of imidazole rings is 5. The Morgan fingerprint density at radius 2 is 0.787 bits per heavy atom. The molecular formula is C115H120N22O13. The van der Waals surface area contributed by atoms with Gasteiger partial charge in [-0.05, 0) is 215 Å². The van der Waals surface area contributed by atoms with Crippen molar-refractivity contribution in [3.8, 4) is 11.5 Å². The van der Waals surface area contributed by atoms with E-state index in [9.17, 15) is 28.8 Å². The summed E-state index contributed by atoms with van der Waals surface area (Å²) in [5.74, 6) is 4.86. The molecule has 0 saturated heterocycles. The second kappa shape index (κ2) is 51.1. The molecule has 0 unspecified atom stereocenters. The minimum Gasteiger partial charge on any atom is -0.494 e. The summed E-state index contributed by atoms with van der Waals surface area (Å²) in [7, 11) is 18.1. The first-order valence-electron chi connectivity index (χ1n) is 48.5. The second-order valence-corrected chi connectivity index (χ2v) is 34.5. The Kier molecular flexibility index (Phi) is 36.1. The van der Waals surface area contributed by atoms with Crippen LogP contribution in [0.4, 0.5) is 57.9 Å². The molecule has 0 saturated carbocycles. The number of methoxy groups -OCH3 is 6. The summed E-state index contributed by atoms with van der Waals surface area (Å²) in [6.45, 7) is 9.20. The Hall–Kier alpha value is -18.2. The molecule has 0 aliphatic carbocycles. The number of ether oxygens (including phenoxy) is 6. The molecule has 35 nitrogen and oxygen atoms in total. The van der Waals surface area contributed by atoms with E-state index in [4.69, 9.17) is 43.6 Å². The van der Waals surface area contributed by atoms with E-state index < -0.39 is 5.91 Å². The number of fused-ring (bicyclic) bond motifs is 8. The minimum atomic E-state index is -0.556. The minimum absolute atomic E-state index is 0.0778. The van der Waals surface area contributed by atoms with Crippen molar-refractivity contribution in [2.75, 3.05) is 131 Å². The Bertz CT molecular complexity index is 7990. The Labute approximate surface area is 866 Å². The van der Waals surface area contributed by atoms with E-state index in [1.807, 2.05) is 228 Å². The summed E-state index contributed by atoms with van der Waals surface area (Å²) in [6.07, 6.45) is 1.44. The van der Waals surface area contributed by atoms with Crippen LogP contribution >= 0.6 is 0 Å². The predicted molar refractivity (Wildman–Crippen MR) is 592 cm³/mol. The maximum Gasteiger partial charge on any atom is 0.275 e. The van der Waals surface area contributed by atoms with Crippen LogP contribution in [-0.2, 0) is 58.0 Å². The summed E-state index contributed by atoms with van der Waals surface area (Å²) in [6, 6.07) is 92.2. The monoisotopic (exact) mass is 2020 g/mol. The van der Waals surface area contributed by atoms with Gasteiger partial charge in [0, 0.05) is 159 Å². The average Bonchev–Trinajstić information content (AvgIpc) is 1.68. The fourth-order valence-electron chi connectivity index (χ4n) is 17.3. The average molecular weight is 2020 g/mol. The van der Waals surface area contributed by atoms with Crippen molar-refractivity contribution >= 4 is 176 Å². The molecule has 6 amide bonds. The highest BCUT2D eigenvalue weighted by atomic mass is 16.5. The highest BCUT2D eigenvalue weighted by molar-refractivity contribution is 6.10. The zero-order valence-corrected chi connectivity index (χ0v) is 85.6. The summed E-state index contributed by atoms with van der Waals surface area (Å²) < 4.78 is 40.2. The topological polar surface area (TPSA) is 423 Å². The quantitative estimate of drug-likeness (QED) is 0.0142. The molecule has 0 radical (unpaired) electrons.